The second-order valence-electron chi connectivity index (χ2n) is 15.5. The number of hydrogen-bond acceptors (Lipinski definition) is 4. The van der Waals surface area contributed by atoms with Crippen molar-refractivity contribution >= 4 is 11.9 Å². The van der Waals surface area contributed by atoms with E-state index in [1.54, 1.807) is 0 Å². The molecule has 0 aromatic carbocycles. The van der Waals surface area contributed by atoms with E-state index in [0.717, 1.165) is 75.9 Å². The highest BCUT2D eigenvalue weighted by Crippen LogP contribution is 2.52. The van der Waals surface area contributed by atoms with Gasteiger partial charge in [0, 0.05) is 62.4 Å². The van der Waals surface area contributed by atoms with Crippen molar-refractivity contribution in [2.45, 2.75) is 122 Å². The van der Waals surface area contributed by atoms with Gasteiger partial charge < -0.3 is 20.2 Å². The molecule has 3 aliphatic carbocycles. The minimum absolute atomic E-state index is 0.00191. The molecule has 0 bridgehead atoms. The summed E-state index contributed by atoms with van der Waals surface area (Å²) in [7, 11) is 0. The van der Waals surface area contributed by atoms with Gasteiger partial charge in [-0.25, -0.2) is 8.78 Å². The van der Waals surface area contributed by atoms with Crippen molar-refractivity contribution in [1.82, 2.24) is 15.1 Å². The van der Waals surface area contributed by atoms with Crippen LogP contribution in [0.25, 0.3) is 0 Å². The second kappa shape index (κ2) is 13.9. The number of nitrogens with zero attached hydrogens (tertiary/aromatic N) is 2. The summed E-state index contributed by atoms with van der Waals surface area (Å²) < 4.78 is 29.2. The molecule has 2 N–H and O–H groups in total. The molecule has 1 saturated carbocycles. The third-order valence-corrected chi connectivity index (χ3v) is 11.8. The number of carbonyl (C=O) groups excluding carboxylic acids is 1. The fourth-order valence-electron chi connectivity index (χ4n) is 9.30. The second-order valence-corrected chi connectivity index (χ2v) is 15.5. The molecule has 8 heteroatoms. The molecule has 0 aromatic heterocycles. The first-order chi connectivity index (χ1) is 21.6. The van der Waals surface area contributed by atoms with Crippen LogP contribution in [-0.4, -0.2) is 77.4 Å². The van der Waals surface area contributed by atoms with E-state index in [1.807, 2.05) is 11.0 Å². The molecule has 6 aliphatic rings. The van der Waals surface area contributed by atoms with Gasteiger partial charge in [-0.15, -0.1) is 0 Å². The zero-order valence-electron chi connectivity index (χ0n) is 27.7. The van der Waals surface area contributed by atoms with E-state index in [0.29, 0.717) is 54.5 Å². The van der Waals surface area contributed by atoms with Crippen molar-refractivity contribution in [3.63, 3.8) is 0 Å². The van der Waals surface area contributed by atoms with Crippen molar-refractivity contribution < 1.29 is 23.5 Å². The van der Waals surface area contributed by atoms with Crippen LogP contribution in [0, 0.1) is 35.5 Å². The Bertz CT molecular complexity index is 1200. The minimum atomic E-state index is -1.18. The highest BCUT2D eigenvalue weighted by molar-refractivity contribution is 5.96. The topological polar surface area (TPSA) is 72.9 Å². The van der Waals surface area contributed by atoms with Crippen LogP contribution in [0.3, 0.4) is 0 Å². The summed E-state index contributed by atoms with van der Waals surface area (Å²) in [5, 5.41) is 13.3. The van der Waals surface area contributed by atoms with Gasteiger partial charge in [0.15, 0.2) is 0 Å². The molecule has 1 saturated heterocycles. The number of alkyl halides is 2. The Morgan fingerprint density at radius 2 is 1.84 bits per heavy atom. The van der Waals surface area contributed by atoms with Gasteiger partial charge in [-0.1, -0.05) is 39.3 Å². The molecule has 45 heavy (non-hydrogen) atoms. The highest BCUT2D eigenvalue weighted by Gasteiger charge is 2.44. The average molecular weight is 628 g/mol. The van der Waals surface area contributed by atoms with Crippen LogP contribution in [0.15, 0.2) is 34.6 Å². The largest absolute Gasteiger partial charge is 0.481 e. The van der Waals surface area contributed by atoms with Gasteiger partial charge in [0.1, 0.15) is 12.3 Å². The first-order valence-corrected chi connectivity index (χ1v) is 18.1. The molecule has 6 nitrogen and oxygen atoms in total. The Morgan fingerprint density at radius 1 is 1.09 bits per heavy atom. The van der Waals surface area contributed by atoms with E-state index in [9.17, 15) is 19.1 Å². The third-order valence-electron chi connectivity index (χ3n) is 11.8. The smallest absolute Gasteiger partial charge is 0.308 e. The van der Waals surface area contributed by atoms with Crippen molar-refractivity contribution in [2.75, 3.05) is 26.2 Å². The number of carboxylic acid groups (broad SMARTS) is 1. The predicted octanol–water partition coefficient (Wildman–Crippen LogP) is 6.83. The fourth-order valence-corrected chi connectivity index (χ4v) is 9.30. The van der Waals surface area contributed by atoms with E-state index in [-0.39, 0.29) is 24.4 Å². The lowest BCUT2D eigenvalue weighted by molar-refractivity contribution is -0.143. The Balaban J connectivity index is 1.10. The first-order valence-electron chi connectivity index (χ1n) is 18.1. The van der Waals surface area contributed by atoms with E-state index in [4.69, 9.17) is 0 Å². The molecular formula is C37H55F2N3O3. The van der Waals surface area contributed by atoms with Crippen LogP contribution < -0.4 is 5.32 Å². The van der Waals surface area contributed by atoms with E-state index in [2.05, 4.69) is 37.1 Å². The van der Waals surface area contributed by atoms with Crippen molar-refractivity contribution in [3.05, 3.63) is 34.6 Å². The molecule has 0 aromatic rings. The lowest BCUT2D eigenvalue weighted by Crippen LogP contribution is -2.54. The number of allylic oxidation sites excluding steroid dienone is 4. The molecule has 3 aliphatic heterocycles. The van der Waals surface area contributed by atoms with Gasteiger partial charge >= 0.3 is 5.97 Å². The molecule has 250 valence electrons. The number of carboxylic acids is 1. The number of halogens is 2. The number of rotatable bonds is 10. The van der Waals surface area contributed by atoms with Crippen LogP contribution in [0.4, 0.5) is 8.78 Å². The van der Waals surface area contributed by atoms with Crippen molar-refractivity contribution in [1.29, 1.82) is 0 Å². The molecule has 0 spiro atoms. The third kappa shape index (κ3) is 7.21. The zero-order chi connectivity index (χ0) is 31.8. The average Bonchev–Trinajstić information content (AvgIpc) is 3.84. The number of hydrogen-bond donors (Lipinski definition) is 2. The molecule has 3 heterocycles. The summed E-state index contributed by atoms with van der Waals surface area (Å²) in [5.41, 5.74) is 3.67. The summed E-state index contributed by atoms with van der Waals surface area (Å²) in [5.74, 6) is 1.17. The summed E-state index contributed by atoms with van der Waals surface area (Å²) in [4.78, 5) is 30.4. The van der Waals surface area contributed by atoms with E-state index >= 15 is 4.39 Å². The molecular weight excluding hydrogens is 572 g/mol. The standard InChI is InChI=1S/C37H55F2N3O3/c1-4-5-34-32(37(44)45)20-31-35(40-34)12-15-42(36(31)43)27-10-13-41(14-11-27)21-25-18-29(23-6-7-23)30(17-24(25)16-22(2)3)28-9-8-26(38)19-33(28)39/h9,17,22-27,29,32-34,40H,4-8,10-16,18-21H2,1-3H3,(H,44,45)/t24-,25?,26-,29+,32-,33-,34-/m0/s1. The van der Waals surface area contributed by atoms with Gasteiger partial charge in [-0.05, 0) is 98.5 Å². The maximum atomic E-state index is 15.2. The normalized spacial score (nSPS) is 35.2. The number of likely N-dealkylation sites (tertiary alicyclic amines) is 1. The number of aliphatic carboxylic acids is 1. The minimum Gasteiger partial charge on any atom is -0.481 e. The Hall–Kier alpha value is -2.22. The van der Waals surface area contributed by atoms with Crippen molar-refractivity contribution in [2.24, 2.45) is 35.5 Å². The maximum Gasteiger partial charge on any atom is 0.308 e. The lowest BCUT2D eigenvalue weighted by atomic mass is 9.67. The number of amides is 1. The highest BCUT2D eigenvalue weighted by atomic mass is 19.1. The molecule has 2 fully saturated rings. The first kappa shape index (κ1) is 32.7. The molecule has 1 unspecified atom stereocenters. The van der Waals surface area contributed by atoms with Crippen molar-refractivity contribution in [3.8, 4) is 0 Å². The number of nitrogens with one attached hydrogen (secondary N) is 1. The lowest BCUT2D eigenvalue weighted by Gasteiger charge is -2.45. The van der Waals surface area contributed by atoms with Crippen LogP contribution >= 0.6 is 0 Å². The Kier molecular flexibility index (Phi) is 10.1. The van der Waals surface area contributed by atoms with Gasteiger partial charge in [0.05, 0.1) is 5.92 Å². The van der Waals surface area contributed by atoms with Crippen LogP contribution in [0.1, 0.15) is 97.8 Å². The zero-order valence-corrected chi connectivity index (χ0v) is 27.7. The SMILES string of the molecule is CCC[C@@H]1NC2=C(C[C@@H]1C(=O)O)C(=O)N(C1CCN(CC3C[C@H](C4CC4)C(C4=CC[C@H](F)C[C@@H]4F)=C[C@@H]3CC(C)C)CC1)CC2. The Morgan fingerprint density at radius 3 is 2.49 bits per heavy atom. The predicted molar refractivity (Wildman–Crippen MR) is 173 cm³/mol. The van der Waals surface area contributed by atoms with Gasteiger partial charge in [-0.2, -0.15) is 0 Å². The Labute approximate surface area is 268 Å². The van der Waals surface area contributed by atoms with E-state index < -0.39 is 24.2 Å². The van der Waals surface area contributed by atoms with Gasteiger partial charge in [0.2, 0.25) is 0 Å². The quantitative estimate of drug-likeness (QED) is 0.278. The molecule has 0 radical (unpaired) electrons. The van der Waals surface area contributed by atoms with Gasteiger partial charge in [-0.3, -0.25) is 9.59 Å². The summed E-state index contributed by atoms with van der Waals surface area (Å²) in [6.07, 6.45) is 11.7. The van der Waals surface area contributed by atoms with Crippen LogP contribution in [-0.2, 0) is 9.59 Å². The number of piperidine rings is 1. The summed E-state index contributed by atoms with van der Waals surface area (Å²) in [6.45, 7) is 10.3. The van der Waals surface area contributed by atoms with Gasteiger partial charge in [0.25, 0.3) is 5.91 Å². The molecule has 6 rings (SSSR count). The van der Waals surface area contributed by atoms with Crippen LogP contribution in [0.5, 0.6) is 0 Å². The monoisotopic (exact) mass is 627 g/mol. The van der Waals surface area contributed by atoms with E-state index in [1.165, 1.54) is 18.4 Å². The fraction of sp³-hybridized carbons (Fsp3) is 0.784. The summed E-state index contributed by atoms with van der Waals surface area (Å²) >= 11 is 0. The number of carbonyl (C=O) groups is 2. The van der Waals surface area contributed by atoms with Crippen LogP contribution in [0.2, 0.25) is 0 Å². The molecule has 1 amide bonds. The maximum absolute atomic E-state index is 15.2. The summed E-state index contributed by atoms with van der Waals surface area (Å²) in [6, 6.07) is 0.0981. The molecule has 7 atom stereocenters.